The Morgan fingerprint density at radius 2 is 2.20 bits per heavy atom. The maximum Gasteiger partial charge on any atom is 0.190 e. The van der Waals surface area contributed by atoms with Crippen LogP contribution in [0.5, 0.6) is 0 Å². The van der Waals surface area contributed by atoms with Gasteiger partial charge in [0.25, 0.3) is 0 Å². The van der Waals surface area contributed by atoms with Crippen LogP contribution in [0.1, 0.15) is 0 Å². The number of nitrogens with two attached hydrogens (primary N) is 1. The van der Waals surface area contributed by atoms with Crippen molar-refractivity contribution in [3.8, 4) is 0 Å². The van der Waals surface area contributed by atoms with E-state index in [2.05, 4.69) is 12.2 Å². The standard InChI is InChI=1S/C2H6BNS/c1-3-2(4)5/h3H,1H3,(H2,4,5). The van der Waals surface area contributed by atoms with E-state index in [0.29, 0.717) is 4.89 Å². The Bertz CT molecular complexity index is 44.9. The summed E-state index contributed by atoms with van der Waals surface area (Å²) in [6, 6.07) is 0. The molecule has 1 nitrogen and oxygen atoms in total. The van der Waals surface area contributed by atoms with Crippen molar-refractivity contribution in [3.05, 3.63) is 0 Å². The molecule has 0 aromatic carbocycles. The van der Waals surface area contributed by atoms with E-state index in [-0.39, 0.29) is 0 Å². The molecule has 0 fully saturated rings. The van der Waals surface area contributed by atoms with Gasteiger partial charge in [0, 0.05) is 4.89 Å². The second-order valence-electron chi connectivity index (χ2n) is 0.820. The van der Waals surface area contributed by atoms with Crippen LogP contribution >= 0.6 is 12.2 Å². The van der Waals surface area contributed by atoms with Crippen LogP contribution in [-0.2, 0) is 0 Å². The molecule has 0 unspecified atom stereocenters. The quantitative estimate of drug-likeness (QED) is 0.351. The summed E-state index contributed by atoms with van der Waals surface area (Å²) < 4.78 is 0. The van der Waals surface area contributed by atoms with Crippen molar-refractivity contribution in [2.45, 2.75) is 6.82 Å². The molecule has 0 radical (unpaired) electrons. The lowest BCUT2D eigenvalue weighted by Crippen LogP contribution is -2.12. The van der Waals surface area contributed by atoms with E-state index in [1.807, 2.05) is 6.82 Å². The topological polar surface area (TPSA) is 26.0 Å². The summed E-state index contributed by atoms with van der Waals surface area (Å²) in [6.07, 6.45) is 0. The molecule has 0 saturated carbocycles. The highest BCUT2D eigenvalue weighted by Crippen LogP contribution is 1.54. The highest BCUT2D eigenvalue weighted by atomic mass is 32.1. The predicted molar refractivity (Wildman–Crippen MR) is 29.8 cm³/mol. The molecule has 0 spiro atoms. The zero-order valence-electron chi connectivity index (χ0n) is 3.19. The first kappa shape index (κ1) is 4.95. The van der Waals surface area contributed by atoms with Gasteiger partial charge in [0.15, 0.2) is 7.28 Å². The Kier molecular flexibility index (Phi) is 2.19. The van der Waals surface area contributed by atoms with Gasteiger partial charge in [-0.1, -0.05) is 19.0 Å². The molecule has 2 N–H and O–H groups in total. The summed E-state index contributed by atoms with van der Waals surface area (Å²) in [5, 5.41) is 0. The molecule has 0 aliphatic rings. The maximum absolute atomic E-state index is 5.02. The second-order valence-corrected chi connectivity index (χ2v) is 1.34. The monoisotopic (exact) mass is 87.0 g/mol. The third-order valence-electron chi connectivity index (χ3n) is 0.348. The number of hydrogen-bond donors (Lipinski definition) is 1. The van der Waals surface area contributed by atoms with Crippen LogP contribution in [0.2, 0.25) is 6.82 Å². The van der Waals surface area contributed by atoms with E-state index >= 15 is 0 Å². The molecule has 0 atom stereocenters. The lowest BCUT2D eigenvalue weighted by Gasteiger charge is -1.75. The zero-order chi connectivity index (χ0) is 4.28. The lowest BCUT2D eigenvalue weighted by molar-refractivity contribution is 1.89. The minimum atomic E-state index is 0.588. The third-order valence-corrected chi connectivity index (χ3v) is 0.637. The Labute approximate surface area is 37.8 Å². The molecule has 0 aliphatic heterocycles. The molecule has 28 valence electrons. The highest BCUT2D eigenvalue weighted by Gasteiger charge is 1.75. The van der Waals surface area contributed by atoms with Crippen molar-refractivity contribution in [3.63, 3.8) is 0 Å². The van der Waals surface area contributed by atoms with Gasteiger partial charge in [-0.25, -0.2) is 0 Å². The zero-order valence-corrected chi connectivity index (χ0v) is 4.01. The Morgan fingerprint density at radius 3 is 2.20 bits per heavy atom. The molecular formula is C2H6BNS. The first-order valence-electron chi connectivity index (χ1n) is 1.55. The van der Waals surface area contributed by atoms with Crippen LogP contribution in [-0.4, -0.2) is 12.2 Å². The highest BCUT2D eigenvalue weighted by molar-refractivity contribution is 7.83. The molecule has 0 amide bonds. The van der Waals surface area contributed by atoms with Gasteiger partial charge in [-0.2, -0.15) is 0 Å². The molecule has 3 heteroatoms. The number of hydrogen-bond acceptors (Lipinski definition) is 1. The van der Waals surface area contributed by atoms with E-state index in [9.17, 15) is 0 Å². The molecule has 0 saturated heterocycles. The van der Waals surface area contributed by atoms with E-state index in [1.54, 1.807) is 0 Å². The van der Waals surface area contributed by atoms with Gasteiger partial charge in [-0.05, 0) is 0 Å². The Balaban J connectivity index is 2.85. The summed E-state index contributed by atoms with van der Waals surface area (Å²) in [7, 11) is 0.815. The van der Waals surface area contributed by atoms with Gasteiger partial charge < -0.3 is 5.73 Å². The fourth-order valence-electron chi connectivity index (χ4n) is 0. The van der Waals surface area contributed by atoms with Gasteiger partial charge in [0.1, 0.15) is 0 Å². The Morgan fingerprint density at radius 1 is 2.00 bits per heavy atom. The van der Waals surface area contributed by atoms with Crippen LogP contribution < -0.4 is 5.73 Å². The van der Waals surface area contributed by atoms with Crippen LogP contribution in [0.15, 0.2) is 0 Å². The van der Waals surface area contributed by atoms with Gasteiger partial charge in [0.05, 0.1) is 0 Å². The first-order valence-corrected chi connectivity index (χ1v) is 1.96. The first-order chi connectivity index (χ1) is 2.27. The summed E-state index contributed by atoms with van der Waals surface area (Å²) in [4.78, 5) is 0.588. The average molecular weight is 87.0 g/mol. The minimum Gasteiger partial charge on any atom is -0.401 e. The third kappa shape index (κ3) is 3.95. The largest absolute Gasteiger partial charge is 0.401 e. The van der Waals surface area contributed by atoms with Gasteiger partial charge in [0.2, 0.25) is 0 Å². The fraction of sp³-hybridized carbons (Fsp3) is 0.500. The van der Waals surface area contributed by atoms with Crippen molar-refractivity contribution in [2.75, 3.05) is 0 Å². The minimum absolute atomic E-state index is 0.588. The van der Waals surface area contributed by atoms with E-state index in [1.165, 1.54) is 0 Å². The number of thiocarbonyl (C=S) groups is 1. The van der Waals surface area contributed by atoms with Crippen LogP contribution in [0, 0.1) is 0 Å². The van der Waals surface area contributed by atoms with Gasteiger partial charge in [-0.3, -0.25) is 0 Å². The number of rotatable bonds is 1. The molecule has 0 aromatic heterocycles. The molecule has 0 aliphatic carbocycles. The SMILES string of the molecule is CBC(N)=S. The van der Waals surface area contributed by atoms with Crippen molar-refractivity contribution in [1.82, 2.24) is 0 Å². The average Bonchev–Trinajstić information content (AvgIpc) is 1.38. The molecular weight excluding hydrogens is 80.9 g/mol. The van der Waals surface area contributed by atoms with Crippen LogP contribution in [0.4, 0.5) is 0 Å². The summed E-state index contributed by atoms with van der Waals surface area (Å²) in [5.41, 5.74) is 5.02. The van der Waals surface area contributed by atoms with E-state index < -0.39 is 0 Å². The van der Waals surface area contributed by atoms with E-state index in [4.69, 9.17) is 5.73 Å². The van der Waals surface area contributed by atoms with Crippen molar-refractivity contribution < 1.29 is 0 Å². The molecule has 5 heavy (non-hydrogen) atoms. The van der Waals surface area contributed by atoms with Crippen molar-refractivity contribution in [2.24, 2.45) is 5.73 Å². The Hall–Kier alpha value is -0.0451. The smallest absolute Gasteiger partial charge is 0.190 e. The molecule has 0 bridgehead atoms. The second kappa shape index (κ2) is 2.21. The molecule has 0 rings (SSSR count). The van der Waals surface area contributed by atoms with Gasteiger partial charge >= 0.3 is 0 Å². The summed E-state index contributed by atoms with van der Waals surface area (Å²) >= 11 is 4.47. The van der Waals surface area contributed by atoms with E-state index in [0.717, 1.165) is 7.28 Å². The van der Waals surface area contributed by atoms with Crippen molar-refractivity contribution in [1.29, 1.82) is 0 Å². The normalized spacial score (nSPS) is 6.60. The fourth-order valence-corrected chi connectivity index (χ4v) is 0. The predicted octanol–water partition coefficient (Wildman–Crippen LogP) is -0.285. The molecule has 0 heterocycles. The molecule has 0 aromatic rings. The van der Waals surface area contributed by atoms with Gasteiger partial charge in [-0.15, -0.1) is 0 Å². The van der Waals surface area contributed by atoms with Crippen molar-refractivity contribution >= 4 is 24.4 Å². The summed E-state index contributed by atoms with van der Waals surface area (Å²) in [5.74, 6) is 0. The lowest BCUT2D eigenvalue weighted by atomic mass is 9.83. The summed E-state index contributed by atoms with van der Waals surface area (Å²) in [6.45, 7) is 1.93. The van der Waals surface area contributed by atoms with Crippen LogP contribution in [0.25, 0.3) is 0 Å². The van der Waals surface area contributed by atoms with Crippen LogP contribution in [0.3, 0.4) is 0 Å². The maximum atomic E-state index is 5.02.